The summed E-state index contributed by atoms with van der Waals surface area (Å²) in [4.78, 5) is 14.5. The van der Waals surface area contributed by atoms with Gasteiger partial charge in [0.05, 0.1) is 0 Å². The molecule has 4 heteroatoms. The third-order valence-corrected chi connectivity index (χ3v) is 3.94. The zero-order valence-electron chi connectivity index (χ0n) is 11.2. The first-order chi connectivity index (χ1) is 8.11. The first-order valence-corrected chi connectivity index (χ1v) is 6.82. The van der Waals surface area contributed by atoms with Crippen LogP contribution in [0.4, 0.5) is 0 Å². The van der Waals surface area contributed by atoms with Crippen LogP contribution in [0.1, 0.15) is 33.1 Å². The Balaban J connectivity index is 1.78. The van der Waals surface area contributed by atoms with Crippen LogP contribution < -0.4 is 10.6 Å². The van der Waals surface area contributed by atoms with Crippen molar-refractivity contribution in [1.82, 2.24) is 15.5 Å². The van der Waals surface area contributed by atoms with Gasteiger partial charge in [-0.1, -0.05) is 6.92 Å². The van der Waals surface area contributed by atoms with E-state index in [0.29, 0.717) is 12.1 Å². The molecular formula is C13H25N3O. The minimum absolute atomic E-state index is 0.0604. The highest BCUT2D eigenvalue weighted by atomic mass is 16.2. The van der Waals surface area contributed by atoms with Gasteiger partial charge >= 0.3 is 0 Å². The fraction of sp³-hybridized carbons (Fsp3) is 0.923. The SMILES string of the molecule is CNCC(C)C(=O)NC1CC(C)N(C2CC2)C1. The molecule has 0 aromatic carbocycles. The normalized spacial score (nSPS) is 31.5. The minimum atomic E-state index is 0.0604. The highest BCUT2D eigenvalue weighted by Gasteiger charge is 2.39. The summed E-state index contributed by atoms with van der Waals surface area (Å²) in [6, 6.07) is 1.80. The first-order valence-electron chi connectivity index (χ1n) is 6.82. The molecule has 2 rings (SSSR count). The lowest BCUT2D eigenvalue weighted by Gasteiger charge is -2.20. The standard InChI is InChI=1S/C13H25N3O/c1-9(7-14-3)13(17)15-11-6-10(2)16(8-11)12-4-5-12/h9-12,14H,4-8H2,1-3H3,(H,15,17). The van der Waals surface area contributed by atoms with Gasteiger partial charge in [0.1, 0.15) is 0 Å². The molecule has 2 fully saturated rings. The Morgan fingerprint density at radius 2 is 2.18 bits per heavy atom. The Labute approximate surface area is 104 Å². The summed E-state index contributed by atoms with van der Waals surface area (Å²) >= 11 is 0. The molecule has 1 saturated heterocycles. The van der Waals surface area contributed by atoms with Crippen LogP contribution in [-0.4, -0.2) is 49.1 Å². The zero-order valence-corrected chi connectivity index (χ0v) is 11.2. The third-order valence-electron chi connectivity index (χ3n) is 3.94. The highest BCUT2D eigenvalue weighted by Crippen LogP contribution is 2.33. The van der Waals surface area contributed by atoms with E-state index in [2.05, 4.69) is 22.5 Å². The molecule has 0 aromatic rings. The second kappa shape index (κ2) is 5.36. The molecule has 0 bridgehead atoms. The number of nitrogens with zero attached hydrogens (tertiary/aromatic N) is 1. The summed E-state index contributed by atoms with van der Waals surface area (Å²) in [5, 5.41) is 6.23. The van der Waals surface area contributed by atoms with Crippen molar-refractivity contribution in [3.05, 3.63) is 0 Å². The van der Waals surface area contributed by atoms with Crippen molar-refractivity contribution in [2.45, 2.75) is 51.2 Å². The van der Waals surface area contributed by atoms with E-state index in [1.807, 2.05) is 14.0 Å². The van der Waals surface area contributed by atoms with Gasteiger partial charge in [-0.05, 0) is 33.2 Å². The summed E-state index contributed by atoms with van der Waals surface area (Å²) in [6.45, 7) is 6.05. The fourth-order valence-corrected chi connectivity index (χ4v) is 2.82. The number of hydrogen-bond acceptors (Lipinski definition) is 3. The second-order valence-electron chi connectivity index (χ2n) is 5.68. The van der Waals surface area contributed by atoms with Crippen molar-refractivity contribution >= 4 is 5.91 Å². The van der Waals surface area contributed by atoms with Gasteiger partial charge in [0.2, 0.25) is 5.91 Å². The van der Waals surface area contributed by atoms with E-state index >= 15 is 0 Å². The number of likely N-dealkylation sites (tertiary alicyclic amines) is 1. The molecule has 3 unspecified atom stereocenters. The van der Waals surface area contributed by atoms with Crippen LogP contribution >= 0.6 is 0 Å². The largest absolute Gasteiger partial charge is 0.352 e. The Morgan fingerprint density at radius 1 is 1.47 bits per heavy atom. The molecule has 0 aromatic heterocycles. The average molecular weight is 239 g/mol. The summed E-state index contributed by atoms with van der Waals surface area (Å²) < 4.78 is 0. The molecular weight excluding hydrogens is 214 g/mol. The molecule has 0 radical (unpaired) electrons. The molecule has 17 heavy (non-hydrogen) atoms. The number of hydrogen-bond donors (Lipinski definition) is 2. The molecule has 3 atom stereocenters. The van der Waals surface area contributed by atoms with Gasteiger partial charge < -0.3 is 10.6 Å². The lowest BCUT2D eigenvalue weighted by molar-refractivity contribution is -0.125. The van der Waals surface area contributed by atoms with Crippen molar-refractivity contribution in [2.75, 3.05) is 20.1 Å². The van der Waals surface area contributed by atoms with E-state index in [4.69, 9.17) is 0 Å². The molecule has 1 saturated carbocycles. The predicted octanol–water partition coefficient (Wildman–Crippen LogP) is 0.583. The number of carbonyl (C=O) groups excluding carboxylic acids is 1. The minimum Gasteiger partial charge on any atom is -0.352 e. The fourth-order valence-electron chi connectivity index (χ4n) is 2.82. The predicted molar refractivity (Wildman–Crippen MR) is 68.8 cm³/mol. The molecule has 4 nitrogen and oxygen atoms in total. The Morgan fingerprint density at radius 3 is 2.76 bits per heavy atom. The van der Waals surface area contributed by atoms with Gasteiger partial charge in [0.15, 0.2) is 0 Å². The van der Waals surface area contributed by atoms with E-state index in [-0.39, 0.29) is 11.8 Å². The molecule has 1 amide bonds. The van der Waals surface area contributed by atoms with Crippen molar-refractivity contribution < 1.29 is 4.79 Å². The molecule has 0 spiro atoms. The molecule has 1 heterocycles. The molecule has 98 valence electrons. The maximum absolute atomic E-state index is 11.9. The summed E-state index contributed by atoms with van der Waals surface area (Å²) in [6.07, 6.45) is 3.80. The van der Waals surface area contributed by atoms with Crippen molar-refractivity contribution in [3.8, 4) is 0 Å². The van der Waals surface area contributed by atoms with Crippen LogP contribution in [0.3, 0.4) is 0 Å². The van der Waals surface area contributed by atoms with Gasteiger partial charge in [0.25, 0.3) is 0 Å². The first kappa shape index (κ1) is 12.8. The average Bonchev–Trinajstić information content (AvgIpc) is 3.04. The van der Waals surface area contributed by atoms with Crippen LogP contribution in [0.2, 0.25) is 0 Å². The smallest absolute Gasteiger partial charge is 0.224 e. The van der Waals surface area contributed by atoms with Crippen LogP contribution in [0.25, 0.3) is 0 Å². The number of amides is 1. The van der Waals surface area contributed by atoms with E-state index in [1.165, 1.54) is 12.8 Å². The highest BCUT2D eigenvalue weighted by molar-refractivity contribution is 5.78. The van der Waals surface area contributed by atoms with Crippen molar-refractivity contribution in [3.63, 3.8) is 0 Å². The van der Waals surface area contributed by atoms with Gasteiger partial charge in [-0.2, -0.15) is 0 Å². The van der Waals surface area contributed by atoms with Crippen LogP contribution in [-0.2, 0) is 4.79 Å². The van der Waals surface area contributed by atoms with Crippen molar-refractivity contribution in [2.24, 2.45) is 5.92 Å². The third kappa shape index (κ3) is 3.19. The van der Waals surface area contributed by atoms with Crippen molar-refractivity contribution in [1.29, 1.82) is 0 Å². The molecule has 1 aliphatic carbocycles. The molecule has 2 aliphatic rings. The lowest BCUT2D eigenvalue weighted by atomic mass is 10.1. The Bertz CT molecular complexity index is 278. The topological polar surface area (TPSA) is 44.4 Å². The van der Waals surface area contributed by atoms with Crippen LogP contribution in [0.15, 0.2) is 0 Å². The molecule has 1 aliphatic heterocycles. The van der Waals surface area contributed by atoms with Gasteiger partial charge in [-0.15, -0.1) is 0 Å². The van der Waals surface area contributed by atoms with Crippen LogP contribution in [0.5, 0.6) is 0 Å². The summed E-state index contributed by atoms with van der Waals surface area (Å²) in [5.41, 5.74) is 0. The van der Waals surface area contributed by atoms with Gasteiger partial charge in [-0.3, -0.25) is 9.69 Å². The van der Waals surface area contributed by atoms with E-state index in [9.17, 15) is 4.79 Å². The monoisotopic (exact) mass is 239 g/mol. The number of rotatable bonds is 5. The lowest BCUT2D eigenvalue weighted by Crippen LogP contribution is -2.42. The number of carbonyl (C=O) groups is 1. The Hall–Kier alpha value is -0.610. The van der Waals surface area contributed by atoms with E-state index in [0.717, 1.165) is 25.6 Å². The number of nitrogens with one attached hydrogen (secondary N) is 2. The molecule has 2 N–H and O–H groups in total. The maximum Gasteiger partial charge on any atom is 0.224 e. The van der Waals surface area contributed by atoms with E-state index in [1.54, 1.807) is 0 Å². The summed E-state index contributed by atoms with van der Waals surface area (Å²) in [7, 11) is 1.89. The zero-order chi connectivity index (χ0) is 12.4. The quantitative estimate of drug-likeness (QED) is 0.738. The van der Waals surface area contributed by atoms with Crippen LogP contribution in [0, 0.1) is 5.92 Å². The van der Waals surface area contributed by atoms with Gasteiger partial charge in [0, 0.05) is 37.1 Å². The second-order valence-corrected chi connectivity index (χ2v) is 5.68. The van der Waals surface area contributed by atoms with Gasteiger partial charge in [-0.25, -0.2) is 0 Å². The van der Waals surface area contributed by atoms with E-state index < -0.39 is 0 Å². The maximum atomic E-state index is 11.9. The Kier molecular flexibility index (Phi) is 4.05. The summed E-state index contributed by atoms with van der Waals surface area (Å²) in [5.74, 6) is 0.250.